The predicted molar refractivity (Wildman–Crippen MR) is 52.8 cm³/mol. The van der Waals surface area contributed by atoms with Crippen LogP contribution in [0, 0.1) is 28.6 Å². The van der Waals surface area contributed by atoms with E-state index in [-0.39, 0.29) is 19.1 Å². The predicted octanol–water partition coefficient (Wildman–Crippen LogP) is 0.719. The first-order valence-corrected chi connectivity index (χ1v) is 4.82. The van der Waals surface area contributed by atoms with E-state index < -0.39 is 0 Å². The van der Waals surface area contributed by atoms with Crippen molar-refractivity contribution in [2.75, 3.05) is 39.6 Å². The fraction of sp³-hybridized carbons (Fsp3) is 0.800. The SMILES string of the molecule is CCOCC(COCC#N)COCC#N. The largest absolute Gasteiger partial charge is 0.381 e. The smallest absolute Gasteiger partial charge is 0.133 e. The number of nitriles is 2. The van der Waals surface area contributed by atoms with E-state index in [1.165, 1.54) is 0 Å². The van der Waals surface area contributed by atoms with Crippen LogP contribution in [0.15, 0.2) is 0 Å². The average Bonchev–Trinajstić information content (AvgIpc) is 2.25. The summed E-state index contributed by atoms with van der Waals surface area (Å²) in [5.74, 6) is 0.0756. The molecule has 0 aliphatic rings. The Labute approximate surface area is 90.1 Å². The van der Waals surface area contributed by atoms with E-state index in [0.29, 0.717) is 26.4 Å². The van der Waals surface area contributed by atoms with E-state index >= 15 is 0 Å². The minimum absolute atomic E-state index is 0.0703. The van der Waals surface area contributed by atoms with Gasteiger partial charge in [0.2, 0.25) is 0 Å². The van der Waals surface area contributed by atoms with Crippen molar-refractivity contribution in [2.45, 2.75) is 6.92 Å². The Bertz CT molecular complexity index is 200. The van der Waals surface area contributed by atoms with Crippen LogP contribution in [0.3, 0.4) is 0 Å². The summed E-state index contributed by atoms with van der Waals surface area (Å²) in [6.45, 7) is 4.03. The first-order chi connectivity index (χ1) is 7.35. The Morgan fingerprint density at radius 3 is 1.80 bits per heavy atom. The zero-order valence-electron chi connectivity index (χ0n) is 8.94. The molecule has 0 heterocycles. The van der Waals surface area contributed by atoms with Crippen molar-refractivity contribution in [1.29, 1.82) is 10.5 Å². The summed E-state index contributed by atoms with van der Waals surface area (Å²) in [6, 6.07) is 3.78. The maximum absolute atomic E-state index is 8.29. The molecule has 0 spiro atoms. The van der Waals surface area contributed by atoms with E-state index in [1.54, 1.807) is 0 Å². The zero-order valence-corrected chi connectivity index (χ0v) is 8.94. The molecule has 0 N–H and O–H groups in total. The van der Waals surface area contributed by atoms with Gasteiger partial charge in [0.15, 0.2) is 0 Å². The van der Waals surface area contributed by atoms with Crippen LogP contribution in [0.1, 0.15) is 6.92 Å². The molecule has 0 rings (SSSR count). The van der Waals surface area contributed by atoms with Crippen LogP contribution < -0.4 is 0 Å². The van der Waals surface area contributed by atoms with Crippen molar-refractivity contribution < 1.29 is 14.2 Å². The molecule has 0 saturated carbocycles. The van der Waals surface area contributed by atoms with Gasteiger partial charge in [-0.25, -0.2) is 0 Å². The third kappa shape index (κ3) is 9.17. The molecule has 0 unspecified atom stereocenters. The van der Waals surface area contributed by atoms with Crippen molar-refractivity contribution >= 4 is 0 Å². The van der Waals surface area contributed by atoms with Gasteiger partial charge in [0.1, 0.15) is 13.2 Å². The molecule has 0 aromatic heterocycles. The van der Waals surface area contributed by atoms with Crippen LogP contribution in [0.4, 0.5) is 0 Å². The second kappa shape index (κ2) is 10.9. The molecule has 0 amide bonds. The molecule has 0 bridgehead atoms. The van der Waals surface area contributed by atoms with Gasteiger partial charge in [-0.3, -0.25) is 0 Å². The second-order valence-electron chi connectivity index (χ2n) is 2.87. The third-order valence-electron chi connectivity index (χ3n) is 1.60. The molecule has 0 atom stereocenters. The second-order valence-corrected chi connectivity index (χ2v) is 2.87. The molecule has 15 heavy (non-hydrogen) atoms. The van der Waals surface area contributed by atoms with Crippen LogP contribution >= 0.6 is 0 Å². The lowest BCUT2D eigenvalue weighted by molar-refractivity contribution is 0.00990. The fourth-order valence-electron chi connectivity index (χ4n) is 0.971. The van der Waals surface area contributed by atoms with Gasteiger partial charge in [0, 0.05) is 12.5 Å². The van der Waals surface area contributed by atoms with Gasteiger partial charge in [-0.2, -0.15) is 10.5 Å². The van der Waals surface area contributed by atoms with E-state index in [0.717, 1.165) is 0 Å². The average molecular weight is 212 g/mol. The van der Waals surface area contributed by atoms with Gasteiger partial charge < -0.3 is 14.2 Å². The maximum Gasteiger partial charge on any atom is 0.133 e. The quantitative estimate of drug-likeness (QED) is 0.526. The minimum atomic E-state index is 0.0703. The summed E-state index contributed by atoms with van der Waals surface area (Å²) < 4.78 is 15.4. The summed E-state index contributed by atoms with van der Waals surface area (Å²) in [6.07, 6.45) is 0. The monoisotopic (exact) mass is 212 g/mol. The number of rotatable bonds is 9. The molecule has 5 nitrogen and oxygen atoms in total. The lowest BCUT2D eigenvalue weighted by atomic mass is 10.2. The molecular weight excluding hydrogens is 196 g/mol. The molecule has 0 fully saturated rings. The topological polar surface area (TPSA) is 75.3 Å². The third-order valence-corrected chi connectivity index (χ3v) is 1.60. The minimum Gasteiger partial charge on any atom is -0.381 e. The van der Waals surface area contributed by atoms with Crippen LogP contribution in [0.25, 0.3) is 0 Å². The normalized spacial score (nSPS) is 9.87. The van der Waals surface area contributed by atoms with Crippen molar-refractivity contribution in [2.24, 2.45) is 5.92 Å². The first-order valence-electron chi connectivity index (χ1n) is 4.82. The van der Waals surface area contributed by atoms with Gasteiger partial charge in [-0.1, -0.05) is 0 Å². The van der Waals surface area contributed by atoms with Gasteiger partial charge in [0.25, 0.3) is 0 Å². The number of nitrogens with zero attached hydrogens (tertiary/aromatic N) is 2. The molecular formula is C10H16N2O3. The number of ether oxygens (including phenoxy) is 3. The fourth-order valence-corrected chi connectivity index (χ4v) is 0.971. The van der Waals surface area contributed by atoms with Crippen molar-refractivity contribution in [3.05, 3.63) is 0 Å². The lowest BCUT2D eigenvalue weighted by Gasteiger charge is -2.15. The van der Waals surface area contributed by atoms with E-state index in [2.05, 4.69) is 0 Å². The summed E-state index contributed by atoms with van der Waals surface area (Å²) in [4.78, 5) is 0. The van der Waals surface area contributed by atoms with Crippen molar-refractivity contribution in [3.8, 4) is 12.1 Å². The van der Waals surface area contributed by atoms with E-state index in [4.69, 9.17) is 24.7 Å². The van der Waals surface area contributed by atoms with Crippen molar-refractivity contribution in [1.82, 2.24) is 0 Å². The van der Waals surface area contributed by atoms with Crippen LogP contribution in [-0.2, 0) is 14.2 Å². The number of hydrogen-bond donors (Lipinski definition) is 0. The highest BCUT2D eigenvalue weighted by molar-refractivity contribution is 4.69. The van der Waals surface area contributed by atoms with Gasteiger partial charge in [-0.15, -0.1) is 0 Å². The lowest BCUT2D eigenvalue weighted by Crippen LogP contribution is -2.22. The van der Waals surface area contributed by atoms with Crippen LogP contribution in [0.2, 0.25) is 0 Å². The Balaban J connectivity index is 3.64. The number of hydrogen-bond acceptors (Lipinski definition) is 5. The Morgan fingerprint density at radius 1 is 0.933 bits per heavy atom. The summed E-state index contributed by atoms with van der Waals surface area (Å²) in [5.41, 5.74) is 0. The Hall–Kier alpha value is -1.14. The standard InChI is InChI=1S/C10H16N2O3/c1-2-13-7-10(8-14-5-3-11)9-15-6-4-12/h10H,2,5-9H2,1H3. The molecule has 0 aromatic rings. The molecule has 0 aromatic carbocycles. The Morgan fingerprint density at radius 2 is 1.40 bits per heavy atom. The molecule has 0 aliphatic carbocycles. The van der Waals surface area contributed by atoms with Gasteiger partial charge >= 0.3 is 0 Å². The zero-order chi connectivity index (χ0) is 11.4. The summed E-state index contributed by atoms with van der Waals surface area (Å²) >= 11 is 0. The molecule has 0 radical (unpaired) electrons. The van der Waals surface area contributed by atoms with Gasteiger partial charge in [0.05, 0.1) is 32.0 Å². The van der Waals surface area contributed by atoms with E-state index in [1.807, 2.05) is 19.1 Å². The first kappa shape index (κ1) is 13.9. The van der Waals surface area contributed by atoms with E-state index in [9.17, 15) is 0 Å². The molecule has 0 aliphatic heterocycles. The van der Waals surface area contributed by atoms with Crippen LogP contribution in [-0.4, -0.2) is 39.6 Å². The molecule has 5 heteroatoms. The summed E-state index contributed by atoms with van der Waals surface area (Å²) in [5, 5.41) is 16.6. The highest BCUT2D eigenvalue weighted by Crippen LogP contribution is 2.00. The highest BCUT2D eigenvalue weighted by atomic mass is 16.5. The highest BCUT2D eigenvalue weighted by Gasteiger charge is 2.09. The molecule has 0 saturated heterocycles. The Kier molecular flexibility index (Phi) is 10.1. The maximum atomic E-state index is 8.29. The summed E-state index contributed by atoms with van der Waals surface area (Å²) in [7, 11) is 0. The van der Waals surface area contributed by atoms with Crippen LogP contribution in [0.5, 0.6) is 0 Å². The van der Waals surface area contributed by atoms with Crippen molar-refractivity contribution in [3.63, 3.8) is 0 Å². The molecule has 84 valence electrons. The van der Waals surface area contributed by atoms with Gasteiger partial charge in [-0.05, 0) is 6.92 Å².